The van der Waals surface area contributed by atoms with Crippen LogP contribution in [0.1, 0.15) is 50.0 Å². The van der Waals surface area contributed by atoms with Gasteiger partial charge in [0.2, 0.25) is 0 Å². The van der Waals surface area contributed by atoms with Crippen LogP contribution in [-0.2, 0) is 6.18 Å². The zero-order valence-electron chi connectivity index (χ0n) is 15.3. The zero-order chi connectivity index (χ0) is 19.8. The molecule has 0 aromatic carbocycles. The summed E-state index contributed by atoms with van der Waals surface area (Å²) in [6.45, 7) is 4.66. The van der Waals surface area contributed by atoms with Gasteiger partial charge in [0.1, 0.15) is 11.6 Å². The third kappa shape index (κ3) is 4.08. The number of hydrogen-bond acceptors (Lipinski definition) is 5. The number of aliphatic hydroxyl groups is 1. The van der Waals surface area contributed by atoms with Crippen LogP contribution in [0.2, 0.25) is 0 Å². The second-order valence-electron chi connectivity index (χ2n) is 7.20. The molecule has 6 nitrogen and oxygen atoms in total. The monoisotopic (exact) mass is 383 g/mol. The molecule has 1 fully saturated rings. The number of nitrogens with one attached hydrogen (secondary N) is 1. The lowest BCUT2D eigenvalue weighted by molar-refractivity contribution is -0.137. The molecule has 0 spiro atoms. The smallest absolute Gasteiger partial charge is 0.395 e. The topological polar surface area (TPSA) is 89.0 Å². The Morgan fingerprint density at radius 3 is 2.67 bits per heavy atom. The molecule has 0 unspecified atom stereocenters. The highest BCUT2D eigenvalue weighted by Crippen LogP contribution is 2.38. The minimum Gasteiger partial charge on any atom is -0.395 e. The number of nitrogens with two attached hydrogens (primary N) is 1. The average molecular weight is 383 g/mol. The maximum absolute atomic E-state index is 13.1. The molecule has 0 saturated heterocycles. The third-order valence-corrected chi connectivity index (χ3v) is 4.85. The van der Waals surface area contributed by atoms with E-state index in [-0.39, 0.29) is 18.6 Å². The predicted molar refractivity (Wildman–Crippen MR) is 96.1 cm³/mol. The van der Waals surface area contributed by atoms with E-state index in [4.69, 9.17) is 10.8 Å². The van der Waals surface area contributed by atoms with Crippen LogP contribution in [0.3, 0.4) is 0 Å². The van der Waals surface area contributed by atoms with Gasteiger partial charge in [-0.1, -0.05) is 13.8 Å². The lowest BCUT2D eigenvalue weighted by Gasteiger charge is -2.38. The maximum atomic E-state index is 13.1. The van der Waals surface area contributed by atoms with Crippen LogP contribution in [0, 0.1) is 0 Å². The van der Waals surface area contributed by atoms with E-state index in [9.17, 15) is 13.2 Å². The molecule has 148 valence electrons. The number of nitrogen functional groups attached to an aromatic ring is 1. The van der Waals surface area contributed by atoms with Gasteiger partial charge in [0.15, 0.2) is 0 Å². The summed E-state index contributed by atoms with van der Waals surface area (Å²) in [5, 5.41) is 12.1. The Labute approximate surface area is 155 Å². The van der Waals surface area contributed by atoms with Gasteiger partial charge in [0, 0.05) is 42.5 Å². The first-order valence-corrected chi connectivity index (χ1v) is 8.96. The van der Waals surface area contributed by atoms with Gasteiger partial charge in [-0.3, -0.25) is 0 Å². The molecule has 3 rings (SSSR count). The summed E-state index contributed by atoms with van der Waals surface area (Å²) in [7, 11) is 0. The second-order valence-corrected chi connectivity index (χ2v) is 7.20. The van der Waals surface area contributed by atoms with Crippen LogP contribution in [0.4, 0.5) is 19.0 Å². The van der Waals surface area contributed by atoms with E-state index in [1.165, 1.54) is 6.20 Å². The third-order valence-electron chi connectivity index (χ3n) is 4.85. The fourth-order valence-corrected chi connectivity index (χ4v) is 3.36. The summed E-state index contributed by atoms with van der Waals surface area (Å²) < 4.78 is 41.4. The van der Waals surface area contributed by atoms with Crippen LogP contribution < -0.4 is 11.1 Å². The molecular formula is C18H24F3N5O. The van der Waals surface area contributed by atoms with Gasteiger partial charge >= 0.3 is 6.18 Å². The number of halogens is 3. The van der Waals surface area contributed by atoms with E-state index in [1.54, 1.807) is 6.20 Å². The largest absolute Gasteiger partial charge is 0.419 e. The van der Waals surface area contributed by atoms with Crippen LogP contribution in [-0.4, -0.2) is 38.8 Å². The van der Waals surface area contributed by atoms with Gasteiger partial charge in [-0.15, -0.1) is 0 Å². The van der Waals surface area contributed by atoms with E-state index in [2.05, 4.69) is 19.9 Å². The van der Waals surface area contributed by atoms with E-state index >= 15 is 0 Å². The van der Waals surface area contributed by atoms with E-state index in [1.807, 2.05) is 13.8 Å². The molecule has 2 aromatic rings. The molecule has 27 heavy (non-hydrogen) atoms. The SMILES string of the molecule is CC(C)c1nc(-c2cnc(N)c(C(F)(F)F)c2)cn1C1CC(NCCO)C1. The number of hydrogen-bond donors (Lipinski definition) is 3. The Hall–Kier alpha value is -2.13. The molecule has 1 saturated carbocycles. The van der Waals surface area contributed by atoms with Crippen molar-refractivity contribution in [2.45, 2.75) is 50.9 Å². The van der Waals surface area contributed by atoms with E-state index < -0.39 is 17.6 Å². The second kappa shape index (κ2) is 7.47. The maximum Gasteiger partial charge on any atom is 0.419 e. The van der Waals surface area contributed by atoms with Gasteiger partial charge < -0.3 is 20.7 Å². The number of aliphatic hydroxyl groups excluding tert-OH is 1. The highest BCUT2D eigenvalue weighted by Gasteiger charge is 2.35. The molecule has 0 aliphatic heterocycles. The molecule has 0 amide bonds. The fraction of sp³-hybridized carbons (Fsp3) is 0.556. The Morgan fingerprint density at radius 2 is 2.07 bits per heavy atom. The van der Waals surface area contributed by atoms with E-state index in [0.29, 0.717) is 23.8 Å². The fourth-order valence-electron chi connectivity index (χ4n) is 3.36. The number of alkyl halides is 3. The van der Waals surface area contributed by atoms with Crippen molar-refractivity contribution in [2.24, 2.45) is 0 Å². The molecule has 4 N–H and O–H groups in total. The highest BCUT2D eigenvalue weighted by atomic mass is 19.4. The Balaban J connectivity index is 1.88. The number of pyridine rings is 1. The van der Waals surface area contributed by atoms with Crippen molar-refractivity contribution in [3.05, 3.63) is 29.8 Å². The normalized spacial score (nSPS) is 20.1. The van der Waals surface area contributed by atoms with Crippen molar-refractivity contribution in [3.63, 3.8) is 0 Å². The molecule has 2 aromatic heterocycles. The van der Waals surface area contributed by atoms with Gasteiger partial charge in [-0.2, -0.15) is 13.2 Å². The van der Waals surface area contributed by atoms with Crippen LogP contribution in [0.15, 0.2) is 18.5 Å². The molecule has 9 heteroatoms. The Morgan fingerprint density at radius 1 is 1.37 bits per heavy atom. The van der Waals surface area contributed by atoms with Crippen molar-refractivity contribution in [1.29, 1.82) is 0 Å². The first-order chi connectivity index (χ1) is 12.7. The summed E-state index contributed by atoms with van der Waals surface area (Å²) in [6, 6.07) is 1.58. The molecular weight excluding hydrogens is 359 g/mol. The lowest BCUT2D eigenvalue weighted by atomic mass is 9.86. The van der Waals surface area contributed by atoms with Crippen molar-refractivity contribution < 1.29 is 18.3 Å². The first-order valence-electron chi connectivity index (χ1n) is 8.96. The summed E-state index contributed by atoms with van der Waals surface area (Å²) >= 11 is 0. The standard InChI is InChI=1S/C18H24F3N5O/c1-10(2)17-25-15(9-26(17)13-6-12(7-13)23-3-4-27)11-5-14(18(19,20)21)16(22)24-8-11/h5,8-10,12-13,23,27H,3-4,6-7H2,1-2H3,(H2,22,24). The van der Waals surface area contributed by atoms with Gasteiger partial charge in [-0.25, -0.2) is 9.97 Å². The Bertz CT molecular complexity index is 797. The van der Waals surface area contributed by atoms with Crippen LogP contribution >= 0.6 is 0 Å². The molecule has 0 bridgehead atoms. The summed E-state index contributed by atoms with van der Waals surface area (Å²) in [4.78, 5) is 8.28. The Kier molecular flexibility index (Phi) is 5.43. The zero-order valence-corrected chi connectivity index (χ0v) is 15.3. The first kappa shape index (κ1) is 19.6. The number of nitrogens with zero attached hydrogens (tertiary/aromatic N) is 3. The van der Waals surface area contributed by atoms with E-state index in [0.717, 1.165) is 24.7 Å². The van der Waals surface area contributed by atoms with Crippen molar-refractivity contribution >= 4 is 5.82 Å². The van der Waals surface area contributed by atoms with Crippen LogP contribution in [0.5, 0.6) is 0 Å². The number of rotatable bonds is 6. The summed E-state index contributed by atoms with van der Waals surface area (Å²) in [5.74, 6) is 0.430. The minimum absolute atomic E-state index is 0.0965. The molecule has 2 heterocycles. The van der Waals surface area contributed by atoms with Crippen LogP contribution in [0.25, 0.3) is 11.3 Å². The molecule has 1 aliphatic rings. The van der Waals surface area contributed by atoms with Crippen molar-refractivity contribution in [3.8, 4) is 11.3 Å². The number of aromatic nitrogens is 3. The van der Waals surface area contributed by atoms with Gasteiger partial charge in [-0.05, 0) is 18.9 Å². The summed E-state index contributed by atoms with van der Waals surface area (Å²) in [6.07, 6.45) is 0.353. The molecule has 1 aliphatic carbocycles. The molecule has 0 atom stereocenters. The predicted octanol–water partition coefficient (Wildman–Crippen LogP) is 2.95. The minimum atomic E-state index is -4.56. The quantitative estimate of drug-likeness (QED) is 0.714. The highest BCUT2D eigenvalue weighted by molar-refractivity contribution is 5.62. The summed E-state index contributed by atoms with van der Waals surface area (Å²) in [5.41, 5.74) is 5.20. The molecule has 0 radical (unpaired) electrons. The van der Waals surface area contributed by atoms with Gasteiger partial charge in [0.05, 0.1) is 17.9 Å². The number of anilines is 1. The average Bonchev–Trinajstić information content (AvgIpc) is 2.98. The van der Waals surface area contributed by atoms with Crippen molar-refractivity contribution in [2.75, 3.05) is 18.9 Å². The lowest BCUT2D eigenvalue weighted by Crippen LogP contribution is -2.43. The number of imidazole rings is 1. The van der Waals surface area contributed by atoms with Crippen molar-refractivity contribution in [1.82, 2.24) is 19.9 Å². The van der Waals surface area contributed by atoms with Gasteiger partial charge in [0.25, 0.3) is 0 Å².